The lowest BCUT2D eigenvalue weighted by Crippen LogP contribution is -2.46. The van der Waals surface area contributed by atoms with E-state index in [1.165, 1.54) is 5.01 Å². The second-order valence-electron chi connectivity index (χ2n) is 4.93. The molecule has 90 valence electrons. The van der Waals surface area contributed by atoms with Crippen molar-refractivity contribution in [2.75, 3.05) is 13.1 Å². The standard InChI is InChI=1S/C12H21N3S/c1-8-6-15(5-4-11(8)13)10(3)12-14-9(2)7-16-12/h7-8,10-11H,4-6,13H2,1-3H3. The Morgan fingerprint density at radius 1 is 1.62 bits per heavy atom. The van der Waals surface area contributed by atoms with Gasteiger partial charge in [0.05, 0.1) is 6.04 Å². The lowest BCUT2D eigenvalue weighted by atomic mass is 9.94. The fourth-order valence-electron chi connectivity index (χ4n) is 2.27. The summed E-state index contributed by atoms with van der Waals surface area (Å²) in [7, 11) is 0. The molecule has 3 unspecified atom stereocenters. The normalized spacial score (nSPS) is 29.2. The molecule has 0 aliphatic carbocycles. The van der Waals surface area contributed by atoms with Crippen molar-refractivity contribution < 1.29 is 0 Å². The molecule has 2 rings (SSSR count). The summed E-state index contributed by atoms with van der Waals surface area (Å²) in [6.45, 7) is 8.76. The monoisotopic (exact) mass is 239 g/mol. The Labute approximate surface area is 102 Å². The predicted octanol–water partition coefficient (Wildman–Crippen LogP) is 2.18. The van der Waals surface area contributed by atoms with Crippen LogP contribution in [-0.4, -0.2) is 29.0 Å². The molecule has 3 nitrogen and oxygen atoms in total. The van der Waals surface area contributed by atoms with Crippen molar-refractivity contribution in [3.63, 3.8) is 0 Å². The minimum atomic E-state index is 0.376. The molecule has 0 spiro atoms. The van der Waals surface area contributed by atoms with Crippen LogP contribution in [0, 0.1) is 12.8 Å². The molecule has 1 aliphatic heterocycles. The number of aryl methyl sites for hydroxylation is 1. The second kappa shape index (κ2) is 4.82. The van der Waals surface area contributed by atoms with Gasteiger partial charge in [-0.1, -0.05) is 6.92 Å². The van der Waals surface area contributed by atoms with Gasteiger partial charge < -0.3 is 5.73 Å². The first kappa shape index (κ1) is 12.0. The van der Waals surface area contributed by atoms with Gasteiger partial charge in [-0.15, -0.1) is 11.3 Å². The van der Waals surface area contributed by atoms with Gasteiger partial charge in [0.15, 0.2) is 0 Å². The third-order valence-electron chi connectivity index (χ3n) is 3.54. The van der Waals surface area contributed by atoms with E-state index in [1.807, 2.05) is 0 Å². The molecule has 1 aromatic rings. The first-order valence-electron chi connectivity index (χ1n) is 5.99. The molecule has 0 aromatic carbocycles. The molecule has 0 saturated carbocycles. The fourth-order valence-corrected chi connectivity index (χ4v) is 3.15. The summed E-state index contributed by atoms with van der Waals surface area (Å²) in [5, 5.41) is 3.37. The molecular weight excluding hydrogens is 218 g/mol. The minimum Gasteiger partial charge on any atom is -0.327 e. The number of nitrogens with two attached hydrogens (primary N) is 1. The summed E-state index contributed by atoms with van der Waals surface area (Å²) in [5.74, 6) is 0.595. The number of likely N-dealkylation sites (tertiary alicyclic amines) is 1. The van der Waals surface area contributed by atoms with Gasteiger partial charge in [0, 0.05) is 30.2 Å². The van der Waals surface area contributed by atoms with Crippen molar-refractivity contribution in [3.8, 4) is 0 Å². The number of thiazole rings is 1. The predicted molar refractivity (Wildman–Crippen MR) is 68.6 cm³/mol. The van der Waals surface area contributed by atoms with Crippen LogP contribution in [0.1, 0.15) is 37.0 Å². The highest BCUT2D eigenvalue weighted by molar-refractivity contribution is 7.09. The van der Waals surface area contributed by atoms with Crippen LogP contribution in [0.2, 0.25) is 0 Å². The molecule has 1 fully saturated rings. The van der Waals surface area contributed by atoms with E-state index in [1.54, 1.807) is 11.3 Å². The molecule has 16 heavy (non-hydrogen) atoms. The zero-order chi connectivity index (χ0) is 11.7. The summed E-state index contributed by atoms with van der Waals surface area (Å²) in [6, 6.07) is 0.815. The Morgan fingerprint density at radius 2 is 2.38 bits per heavy atom. The van der Waals surface area contributed by atoms with Crippen LogP contribution in [0.4, 0.5) is 0 Å². The molecule has 0 amide bonds. The highest BCUT2D eigenvalue weighted by atomic mass is 32.1. The van der Waals surface area contributed by atoms with Gasteiger partial charge in [0.25, 0.3) is 0 Å². The summed E-state index contributed by atoms with van der Waals surface area (Å²) in [4.78, 5) is 7.08. The number of piperidine rings is 1. The van der Waals surface area contributed by atoms with Crippen molar-refractivity contribution in [2.45, 2.75) is 39.3 Å². The highest BCUT2D eigenvalue weighted by Gasteiger charge is 2.27. The zero-order valence-electron chi connectivity index (χ0n) is 10.3. The molecule has 4 heteroatoms. The summed E-state index contributed by atoms with van der Waals surface area (Å²) in [6.07, 6.45) is 1.11. The quantitative estimate of drug-likeness (QED) is 0.860. The van der Waals surface area contributed by atoms with Gasteiger partial charge in [-0.25, -0.2) is 4.98 Å². The van der Waals surface area contributed by atoms with Gasteiger partial charge in [0.2, 0.25) is 0 Å². The fraction of sp³-hybridized carbons (Fsp3) is 0.750. The topological polar surface area (TPSA) is 42.1 Å². The molecule has 1 aromatic heterocycles. The summed E-state index contributed by atoms with van der Waals surface area (Å²) in [5.41, 5.74) is 7.18. The maximum atomic E-state index is 6.04. The molecule has 1 aliphatic rings. The van der Waals surface area contributed by atoms with Gasteiger partial charge in [-0.2, -0.15) is 0 Å². The third-order valence-corrected chi connectivity index (χ3v) is 4.68. The molecule has 1 saturated heterocycles. The number of aromatic nitrogens is 1. The van der Waals surface area contributed by atoms with Gasteiger partial charge in [-0.05, 0) is 26.2 Å². The van der Waals surface area contributed by atoms with Crippen LogP contribution < -0.4 is 5.73 Å². The Bertz CT molecular complexity index is 350. The average Bonchev–Trinajstić information content (AvgIpc) is 2.68. The van der Waals surface area contributed by atoms with E-state index >= 15 is 0 Å². The Kier molecular flexibility index (Phi) is 3.62. The molecule has 3 atom stereocenters. The Morgan fingerprint density at radius 3 is 2.94 bits per heavy atom. The maximum Gasteiger partial charge on any atom is 0.110 e. The largest absolute Gasteiger partial charge is 0.327 e. The first-order chi connectivity index (χ1) is 7.58. The number of rotatable bonds is 2. The highest BCUT2D eigenvalue weighted by Crippen LogP contribution is 2.27. The van der Waals surface area contributed by atoms with Crippen molar-refractivity contribution in [1.29, 1.82) is 0 Å². The van der Waals surface area contributed by atoms with E-state index in [9.17, 15) is 0 Å². The van der Waals surface area contributed by atoms with Gasteiger partial charge in [0.1, 0.15) is 5.01 Å². The van der Waals surface area contributed by atoms with E-state index in [0.717, 1.165) is 25.2 Å². The van der Waals surface area contributed by atoms with Crippen LogP contribution in [0.3, 0.4) is 0 Å². The molecule has 2 N–H and O–H groups in total. The zero-order valence-corrected chi connectivity index (χ0v) is 11.1. The van der Waals surface area contributed by atoms with Gasteiger partial charge >= 0.3 is 0 Å². The maximum absolute atomic E-state index is 6.04. The number of hydrogen-bond donors (Lipinski definition) is 1. The molecule has 0 bridgehead atoms. The lowest BCUT2D eigenvalue weighted by molar-refractivity contribution is 0.124. The van der Waals surface area contributed by atoms with Crippen molar-refractivity contribution >= 4 is 11.3 Å². The van der Waals surface area contributed by atoms with E-state index in [-0.39, 0.29) is 0 Å². The van der Waals surface area contributed by atoms with Crippen LogP contribution in [0.5, 0.6) is 0 Å². The SMILES string of the molecule is Cc1csc(C(C)N2CCC(N)C(C)C2)n1. The second-order valence-corrected chi connectivity index (χ2v) is 5.82. The smallest absolute Gasteiger partial charge is 0.110 e. The lowest BCUT2D eigenvalue weighted by Gasteiger charge is -2.37. The van der Waals surface area contributed by atoms with Crippen molar-refractivity contribution in [2.24, 2.45) is 11.7 Å². The molecular formula is C12H21N3S. The van der Waals surface area contributed by atoms with E-state index < -0.39 is 0 Å². The van der Waals surface area contributed by atoms with E-state index in [2.05, 4.69) is 36.0 Å². The van der Waals surface area contributed by atoms with Gasteiger partial charge in [-0.3, -0.25) is 4.90 Å². The van der Waals surface area contributed by atoms with E-state index in [0.29, 0.717) is 18.0 Å². The minimum absolute atomic E-state index is 0.376. The summed E-state index contributed by atoms with van der Waals surface area (Å²) < 4.78 is 0. The summed E-state index contributed by atoms with van der Waals surface area (Å²) >= 11 is 1.77. The first-order valence-corrected chi connectivity index (χ1v) is 6.87. The molecule has 0 radical (unpaired) electrons. The van der Waals surface area contributed by atoms with Crippen molar-refractivity contribution in [1.82, 2.24) is 9.88 Å². The van der Waals surface area contributed by atoms with Crippen LogP contribution in [-0.2, 0) is 0 Å². The van der Waals surface area contributed by atoms with Crippen LogP contribution in [0.15, 0.2) is 5.38 Å². The Hall–Kier alpha value is -0.450. The Balaban J connectivity index is 2.02. The molecule has 2 heterocycles. The number of nitrogens with zero attached hydrogens (tertiary/aromatic N) is 2. The van der Waals surface area contributed by atoms with Crippen molar-refractivity contribution in [3.05, 3.63) is 16.1 Å². The third kappa shape index (κ3) is 2.44. The average molecular weight is 239 g/mol. The van der Waals surface area contributed by atoms with E-state index in [4.69, 9.17) is 5.73 Å². The van der Waals surface area contributed by atoms with Crippen LogP contribution >= 0.6 is 11.3 Å². The number of hydrogen-bond acceptors (Lipinski definition) is 4. The van der Waals surface area contributed by atoms with Crippen LogP contribution in [0.25, 0.3) is 0 Å².